The lowest BCUT2D eigenvalue weighted by Gasteiger charge is -2.13. The Balaban J connectivity index is 0.00000200. The van der Waals surface area contributed by atoms with Gasteiger partial charge in [-0.2, -0.15) is 0 Å². The Hall–Kier alpha value is -1.18. The third kappa shape index (κ3) is 4.73. The summed E-state index contributed by atoms with van der Waals surface area (Å²) in [7, 11) is 0. The van der Waals surface area contributed by atoms with Gasteiger partial charge in [-0.25, -0.2) is 0 Å². The van der Waals surface area contributed by atoms with Crippen molar-refractivity contribution in [3.8, 4) is 11.5 Å². The summed E-state index contributed by atoms with van der Waals surface area (Å²) in [6, 6.07) is 5.84. The Bertz CT molecular complexity index is 452. The van der Waals surface area contributed by atoms with Gasteiger partial charge in [0.1, 0.15) is 0 Å². The molecule has 20 heavy (non-hydrogen) atoms. The number of hydrogen-bond acceptors (Lipinski definition) is 3. The minimum absolute atomic E-state index is 0. The van der Waals surface area contributed by atoms with E-state index in [9.17, 15) is 0 Å². The largest absolute Gasteiger partial charge is 0.490 e. The third-order valence-corrected chi connectivity index (χ3v) is 2.67. The first kappa shape index (κ1) is 16.9. The quantitative estimate of drug-likeness (QED) is 0.473. The number of fused-ring (bicyclic) bond motifs is 1. The van der Waals surface area contributed by atoms with E-state index in [0.717, 1.165) is 42.7 Å². The maximum absolute atomic E-state index is 5.67. The second-order valence-corrected chi connectivity index (χ2v) is 4.19. The standard InChI is InChI=1S/C14H21N3O2.HI/c1-3-15-14(16-4-2)17-11-6-7-12-13(10-11)19-9-5-8-18-12;/h6-7,10H,3-5,8-9H2,1-2H3,(H2,15,16,17);1H. The van der Waals surface area contributed by atoms with E-state index in [-0.39, 0.29) is 24.0 Å². The fourth-order valence-electron chi connectivity index (χ4n) is 1.84. The zero-order valence-electron chi connectivity index (χ0n) is 11.9. The van der Waals surface area contributed by atoms with Crippen LogP contribution in [0.5, 0.6) is 11.5 Å². The molecule has 5 nitrogen and oxygen atoms in total. The highest BCUT2D eigenvalue weighted by Gasteiger charge is 2.11. The van der Waals surface area contributed by atoms with Gasteiger partial charge in [-0.15, -0.1) is 24.0 Å². The fraction of sp³-hybridized carbons (Fsp3) is 0.500. The summed E-state index contributed by atoms with van der Waals surface area (Å²) < 4.78 is 11.3. The van der Waals surface area contributed by atoms with Gasteiger partial charge in [-0.05, 0) is 26.0 Å². The highest BCUT2D eigenvalue weighted by molar-refractivity contribution is 14.0. The summed E-state index contributed by atoms with van der Waals surface area (Å²) in [6.07, 6.45) is 0.914. The zero-order chi connectivity index (χ0) is 13.5. The predicted molar refractivity (Wildman–Crippen MR) is 92.7 cm³/mol. The van der Waals surface area contributed by atoms with Crippen molar-refractivity contribution in [3.05, 3.63) is 18.2 Å². The molecular formula is C14H22IN3O2. The van der Waals surface area contributed by atoms with Crippen molar-refractivity contribution in [1.82, 2.24) is 5.32 Å². The van der Waals surface area contributed by atoms with E-state index in [4.69, 9.17) is 9.47 Å². The lowest BCUT2D eigenvalue weighted by atomic mass is 10.3. The average molecular weight is 391 g/mol. The number of anilines is 1. The lowest BCUT2D eigenvalue weighted by Crippen LogP contribution is -2.30. The van der Waals surface area contributed by atoms with Crippen molar-refractivity contribution in [2.24, 2.45) is 4.99 Å². The van der Waals surface area contributed by atoms with Crippen LogP contribution in [0.1, 0.15) is 20.3 Å². The minimum atomic E-state index is 0. The Labute approximate surface area is 137 Å². The van der Waals surface area contributed by atoms with Crippen LogP contribution in [0.4, 0.5) is 5.69 Å². The van der Waals surface area contributed by atoms with Crippen molar-refractivity contribution in [3.63, 3.8) is 0 Å². The number of aliphatic imine (C=N–C) groups is 1. The molecule has 0 aliphatic carbocycles. The van der Waals surface area contributed by atoms with E-state index in [1.807, 2.05) is 32.0 Å². The number of guanidine groups is 1. The number of hydrogen-bond donors (Lipinski definition) is 2. The summed E-state index contributed by atoms with van der Waals surface area (Å²) >= 11 is 0. The van der Waals surface area contributed by atoms with E-state index in [1.165, 1.54) is 0 Å². The fourth-order valence-corrected chi connectivity index (χ4v) is 1.84. The molecular weight excluding hydrogens is 369 g/mol. The van der Waals surface area contributed by atoms with Gasteiger partial charge < -0.3 is 20.1 Å². The molecule has 0 saturated heterocycles. The van der Waals surface area contributed by atoms with Crippen molar-refractivity contribution in [2.45, 2.75) is 20.3 Å². The van der Waals surface area contributed by atoms with Gasteiger partial charge in [0.25, 0.3) is 0 Å². The predicted octanol–water partition coefficient (Wildman–Crippen LogP) is 2.86. The molecule has 0 unspecified atom stereocenters. The third-order valence-electron chi connectivity index (χ3n) is 2.67. The molecule has 0 bridgehead atoms. The van der Waals surface area contributed by atoms with Crippen LogP contribution in [0.25, 0.3) is 0 Å². The topological polar surface area (TPSA) is 54.9 Å². The van der Waals surface area contributed by atoms with Crippen LogP contribution in [0.2, 0.25) is 0 Å². The molecule has 0 saturated carbocycles. The smallest absolute Gasteiger partial charge is 0.195 e. The van der Waals surface area contributed by atoms with E-state index in [1.54, 1.807) is 0 Å². The summed E-state index contributed by atoms with van der Waals surface area (Å²) in [5.41, 5.74) is 0.942. The zero-order valence-corrected chi connectivity index (χ0v) is 14.3. The van der Waals surface area contributed by atoms with Crippen molar-refractivity contribution in [2.75, 3.05) is 31.6 Å². The Morgan fingerprint density at radius 3 is 2.65 bits per heavy atom. The second-order valence-electron chi connectivity index (χ2n) is 4.19. The SMILES string of the molecule is CCN=C(NCC)Nc1ccc2c(c1)OCCCO2.I. The van der Waals surface area contributed by atoms with Crippen LogP contribution >= 0.6 is 24.0 Å². The Morgan fingerprint density at radius 1 is 1.20 bits per heavy atom. The number of ether oxygens (including phenoxy) is 2. The van der Waals surface area contributed by atoms with Crippen LogP contribution in [0.15, 0.2) is 23.2 Å². The van der Waals surface area contributed by atoms with Crippen LogP contribution in [0, 0.1) is 0 Å². The summed E-state index contributed by atoms with van der Waals surface area (Å²) in [6.45, 7) is 7.02. The van der Waals surface area contributed by atoms with Gasteiger partial charge >= 0.3 is 0 Å². The van der Waals surface area contributed by atoms with Crippen LogP contribution in [0.3, 0.4) is 0 Å². The lowest BCUT2D eigenvalue weighted by molar-refractivity contribution is 0.297. The van der Waals surface area contributed by atoms with Gasteiger partial charge in [0.15, 0.2) is 17.5 Å². The van der Waals surface area contributed by atoms with E-state index in [2.05, 4.69) is 15.6 Å². The summed E-state index contributed by atoms with van der Waals surface area (Å²) in [5.74, 6) is 2.37. The molecule has 6 heteroatoms. The molecule has 0 aromatic heterocycles. The molecule has 0 fully saturated rings. The molecule has 0 amide bonds. The minimum Gasteiger partial charge on any atom is -0.490 e. The Morgan fingerprint density at radius 2 is 1.95 bits per heavy atom. The molecule has 1 aliphatic heterocycles. The van der Waals surface area contributed by atoms with Crippen LogP contribution < -0.4 is 20.1 Å². The van der Waals surface area contributed by atoms with Crippen molar-refractivity contribution in [1.29, 1.82) is 0 Å². The number of rotatable bonds is 3. The first-order valence-corrected chi connectivity index (χ1v) is 6.78. The normalized spacial score (nSPS) is 14.0. The first-order chi connectivity index (χ1) is 9.33. The van der Waals surface area contributed by atoms with Gasteiger partial charge in [0.05, 0.1) is 13.2 Å². The van der Waals surface area contributed by atoms with Gasteiger partial charge in [-0.3, -0.25) is 4.99 Å². The summed E-state index contributed by atoms with van der Waals surface area (Å²) in [4.78, 5) is 4.36. The molecule has 1 aromatic carbocycles. The Kier molecular flexibility index (Phi) is 7.50. The molecule has 0 spiro atoms. The maximum atomic E-state index is 5.67. The number of halogens is 1. The van der Waals surface area contributed by atoms with E-state index >= 15 is 0 Å². The number of nitrogens with zero attached hydrogens (tertiary/aromatic N) is 1. The highest BCUT2D eigenvalue weighted by atomic mass is 127. The van der Waals surface area contributed by atoms with E-state index in [0.29, 0.717) is 13.2 Å². The molecule has 0 radical (unpaired) electrons. The van der Waals surface area contributed by atoms with Gasteiger partial charge in [-0.1, -0.05) is 0 Å². The van der Waals surface area contributed by atoms with Crippen LogP contribution in [-0.4, -0.2) is 32.3 Å². The van der Waals surface area contributed by atoms with Crippen LogP contribution in [-0.2, 0) is 0 Å². The number of nitrogens with one attached hydrogen (secondary N) is 2. The van der Waals surface area contributed by atoms with Crippen molar-refractivity contribution >= 4 is 35.6 Å². The van der Waals surface area contributed by atoms with Crippen molar-refractivity contribution < 1.29 is 9.47 Å². The number of benzene rings is 1. The van der Waals surface area contributed by atoms with Gasteiger partial charge in [0.2, 0.25) is 0 Å². The maximum Gasteiger partial charge on any atom is 0.195 e. The molecule has 112 valence electrons. The molecule has 2 N–H and O–H groups in total. The van der Waals surface area contributed by atoms with E-state index < -0.39 is 0 Å². The molecule has 2 rings (SSSR count). The first-order valence-electron chi connectivity index (χ1n) is 6.78. The monoisotopic (exact) mass is 391 g/mol. The highest BCUT2D eigenvalue weighted by Crippen LogP contribution is 2.32. The molecule has 1 heterocycles. The molecule has 0 atom stereocenters. The molecule has 1 aliphatic rings. The van der Waals surface area contributed by atoms with Gasteiger partial charge in [0, 0.05) is 31.3 Å². The second kappa shape index (κ2) is 8.89. The molecule has 1 aromatic rings. The average Bonchev–Trinajstić information content (AvgIpc) is 2.64. The summed E-state index contributed by atoms with van der Waals surface area (Å²) in [5, 5.41) is 6.45.